The van der Waals surface area contributed by atoms with Gasteiger partial charge in [0.1, 0.15) is 5.75 Å². The number of rotatable bonds is 7. The molecule has 2 atom stereocenters. The Hall–Kier alpha value is -5.31. The van der Waals surface area contributed by atoms with E-state index in [9.17, 15) is 9.59 Å². The molecule has 1 aliphatic heterocycles. The van der Waals surface area contributed by atoms with Gasteiger partial charge in [0, 0.05) is 35.6 Å². The van der Waals surface area contributed by atoms with Crippen LogP contribution in [0.2, 0.25) is 0 Å². The number of methoxy groups -OCH3 is 4. The number of Topliss-reactive ketones (excluding diaryl/α,β-unsaturated/α-hetero) is 1. The maximum absolute atomic E-state index is 14.7. The summed E-state index contributed by atoms with van der Waals surface area (Å²) in [7, 11) is 6.16. The predicted molar refractivity (Wildman–Crippen MR) is 167 cm³/mol. The van der Waals surface area contributed by atoms with Gasteiger partial charge in [0.2, 0.25) is 5.75 Å². The minimum Gasteiger partial charge on any atom is -0.497 e. The van der Waals surface area contributed by atoms with E-state index in [-0.39, 0.29) is 17.6 Å². The number of aromatic nitrogens is 1. The summed E-state index contributed by atoms with van der Waals surface area (Å²) < 4.78 is 22.0. The van der Waals surface area contributed by atoms with Crippen molar-refractivity contribution in [2.45, 2.75) is 24.8 Å². The van der Waals surface area contributed by atoms with E-state index in [2.05, 4.69) is 10.3 Å². The van der Waals surface area contributed by atoms with E-state index in [0.29, 0.717) is 46.9 Å². The highest BCUT2D eigenvalue weighted by atomic mass is 16.5. The molecule has 1 aromatic heterocycles. The molecule has 44 heavy (non-hydrogen) atoms. The number of allylic oxidation sites excluding steroid dienone is 1. The minimum atomic E-state index is -0.745. The fourth-order valence-corrected chi connectivity index (χ4v) is 6.12. The Morgan fingerprint density at radius 1 is 0.841 bits per heavy atom. The summed E-state index contributed by atoms with van der Waals surface area (Å²) in [5, 5.41) is 3.56. The molecule has 9 heteroatoms. The van der Waals surface area contributed by atoms with Gasteiger partial charge in [-0.05, 0) is 65.9 Å². The lowest BCUT2D eigenvalue weighted by Crippen LogP contribution is -2.38. The Morgan fingerprint density at radius 2 is 1.57 bits per heavy atom. The van der Waals surface area contributed by atoms with Crippen LogP contribution >= 0.6 is 0 Å². The van der Waals surface area contributed by atoms with Gasteiger partial charge in [-0.1, -0.05) is 30.3 Å². The van der Waals surface area contributed by atoms with Crippen LogP contribution < -0.4 is 29.2 Å². The molecule has 0 radical (unpaired) electrons. The average Bonchev–Trinajstić information content (AvgIpc) is 3.22. The number of carbonyl (C=O) groups excluding carboxylic acids is 2. The highest BCUT2D eigenvalue weighted by Crippen LogP contribution is 2.48. The number of ketones is 1. The molecule has 1 N–H and O–H groups in total. The standard InChI is InChI=1S/C35H33N3O6/c1-41-25-13-11-21(12-14-25)23-16-27-32(29(39)17-23)33(22-8-7-15-36-20-22)38(28-10-6-5-9-26(28)37-27)35(40)24-18-30(42-2)34(44-4)31(19-24)43-3/h5-15,18-20,23,33,37H,16-17H2,1-4H3/t23-,33+/m0/s1. The summed E-state index contributed by atoms with van der Waals surface area (Å²) in [5.74, 6) is 1.42. The van der Waals surface area contributed by atoms with Crippen LogP contribution in [0.3, 0.4) is 0 Å². The van der Waals surface area contributed by atoms with Gasteiger partial charge in [-0.2, -0.15) is 0 Å². The van der Waals surface area contributed by atoms with Crippen molar-refractivity contribution in [1.82, 2.24) is 4.98 Å². The van der Waals surface area contributed by atoms with Crippen molar-refractivity contribution in [2.24, 2.45) is 0 Å². The zero-order valence-electron chi connectivity index (χ0n) is 25.0. The van der Waals surface area contributed by atoms with E-state index in [0.717, 1.165) is 28.3 Å². The van der Waals surface area contributed by atoms with Crippen LogP contribution in [0, 0.1) is 0 Å². The first kappa shape index (κ1) is 28.8. The molecule has 1 aliphatic carbocycles. The number of anilines is 2. The van der Waals surface area contributed by atoms with Crippen molar-refractivity contribution < 1.29 is 28.5 Å². The molecule has 4 aromatic rings. The van der Waals surface area contributed by atoms with Gasteiger partial charge in [0.25, 0.3) is 5.91 Å². The highest BCUT2D eigenvalue weighted by Gasteiger charge is 2.42. The Kier molecular flexibility index (Phi) is 7.93. The first-order chi connectivity index (χ1) is 21.5. The molecule has 0 spiro atoms. The summed E-state index contributed by atoms with van der Waals surface area (Å²) in [4.78, 5) is 35.1. The predicted octanol–water partition coefficient (Wildman–Crippen LogP) is 6.33. The zero-order chi connectivity index (χ0) is 30.8. The largest absolute Gasteiger partial charge is 0.497 e. The average molecular weight is 592 g/mol. The van der Waals surface area contributed by atoms with E-state index in [1.165, 1.54) is 21.3 Å². The van der Waals surface area contributed by atoms with Crippen LogP contribution in [0.15, 0.2) is 96.5 Å². The number of hydrogen-bond donors (Lipinski definition) is 1. The number of para-hydroxylation sites is 2. The Bertz CT molecular complexity index is 1710. The fourth-order valence-electron chi connectivity index (χ4n) is 6.12. The monoisotopic (exact) mass is 591 g/mol. The van der Waals surface area contributed by atoms with Gasteiger partial charge in [0.05, 0.1) is 45.9 Å². The summed E-state index contributed by atoms with van der Waals surface area (Å²) in [6, 6.07) is 21.6. The molecule has 6 rings (SSSR count). The second-order valence-corrected chi connectivity index (χ2v) is 10.6. The smallest absolute Gasteiger partial charge is 0.259 e. The molecule has 2 heterocycles. The molecular weight excluding hydrogens is 558 g/mol. The van der Waals surface area contributed by atoms with Crippen molar-refractivity contribution in [3.8, 4) is 23.0 Å². The van der Waals surface area contributed by atoms with Gasteiger partial charge < -0.3 is 24.3 Å². The van der Waals surface area contributed by atoms with Gasteiger partial charge >= 0.3 is 0 Å². The van der Waals surface area contributed by atoms with Crippen molar-refractivity contribution in [3.05, 3.63) is 113 Å². The van der Waals surface area contributed by atoms with Crippen molar-refractivity contribution in [2.75, 3.05) is 38.7 Å². The van der Waals surface area contributed by atoms with Gasteiger partial charge in [-0.25, -0.2) is 0 Å². The molecule has 3 aromatic carbocycles. The zero-order valence-corrected chi connectivity index (χ0v) is 25.0. The number of carbonyl (C=O) groups is 2. The molecule has 224 valence electrons. The number of benzene rings is 3. The lowest BCUT2D eigenvalue weighted by molar-refractivity contribution is -0.116. The quantitative estimate of drug-likeness (QED) is 0.266. The van der Waals surface area contributed by atoms with Crippen molar-refractivity contribution in [1.29, 1.82) is 0 Å². The first-order valence-corrected chi connectivity index (χ1v) is 14.3. The van der Waals surface area contributed by atoms with E-state index >= 15 is 0 Å². The van der Waals surface area contributed by atoms with E-state index in [1.54, 1.807) is 36.5 Å². The SMILES string of the molecule is COc1ccc([C@@H]2CC(=O)C3=C(C2)Nc2ccccc2N(C(=O)c2cc(OC)c(OC)c(OC)c2)[C@@H]3c2cccnc2)cc1. The van der Waals surface area contributed by atoms with Gasteiger partial charge in [-0.15, -0.1) is 0 Å². The number of pyridine rings is 1. The third-order valence-electron chi connectivity index (χ3n) is 8.21. The second-order valence-electron chi connectivity index (χ2n) is 10.6. The number of ether oxygens (including phenoxy) is 4. The number of fused-ring (bicyclic) bond motifs is 1. The molecule has 1 amide bonds. The van der Waals surface area contributed by atoms with Crippen LogP contribution in [-0.4, -0.2) is 45.1 Å². The summed E-state index contributed by atoms with van der Waals surface area (Å²) in [5.41, 5.74) is 4.75. The summed E-state index contributed by atoms with van der Waals surface area (Å²) in [6.07, 6.45) is 4.27. The maximum atomic E-state index is 14.7. The Morgan fingerprint density at radius 3 is 2.20 bits per heavy atom. The van der Waals surface area contributed by atoms with Crippen LogP contribution in [0.4, 0.5) is 11.4 Å². The first-order valence-electron chi connectivity index (χ1n) is 14.3. The van der Waals surface area contributed by atoms with E-state index in [1.807, 2.05) is 60.7 Å². The van der Waals surface area contributed by atoms with Gasteiger partial charge in [-0.3, -0.25) is 19.5 Å². The van der Waals surface area contributed by atoms with Crippen LogP contribution in [0.25, 0.3) is 0 Å². The van der Waals surface area contributed by atoms with E-state index in [4.69, 9.17) is 18.9 Å². The third-order valence-corrected chi connectivity index (χ3v) is 8.21. The maximum Gasteiger partial charge on any atom is 0.259 e. The molecule has 0 fully saturated rings. The second kappa shape index (κ2) is 12.1. The molecule has 0 saturated carbocycles. The van der Waals surface area contributed by atoms with Gasteiger partial charge in [0.15, 0.2) is 17.3 Å². The molecule has 0 unspecified atom stereocenters. The fraction of sp³-hybridized carbons (Fsp3) is 0.229. The molecule has 0 saturated heterocycles. The molecule has 9 nitrogen and oxygen atoms in total. The number of hydrogen-bond acceptors (Lipinski definition) is 8. The Balaban J connectivity index is 1.53. The topological polar surface area (TPSA) is 99.2 Å². The van der Waals surface area contributed by atoms with Crippen molar-refractivity contribution in [3.63, 3.8) is 0 Å². The van der Waals surface area contributed by atoms with Crippen LogP contribution in [0.5, 0.6) is 23.0 Å². The Labute approximate surface area is 256 Å². The summed E-state index contributed by atoms with van der Waals surface area (Å²) >= 11 is 0. The molecule has 2 aliphatic rings. The molecule has 0 bridgehead atoms. The third kappa shape index (κ3) is 5.10. The van der Waals surface area contributed by atoms with Crippen molar-refractivity contribution >= 4 is 23.1 Å². The normalized spacial score (nSPS) is 17.5. The number of nitrogens with one attached hydrogen (secondary N) is 1. The highest BCUT2D eigenvalue weighted by molar-refractivity contribution is 6.12. The summed E-state index contributed by atoms with van der Waals surface area (Å²) in [6.45, 7) is 0. The van der Waals surface area contributed by atoms with E-state index < -0.39 is 6.04 Å². The number of nitrogens with zero attached hydrogens (tertiary/aromatic N) is 2. The van der Waals surface area contributed by atoms with Crippen LogP contribution in [0.1, 0.15) is 46.3 Å². The molecular formula is C35H33N3O6. The number of amides is 1. The minimum absolute atomic E-state index is 0.0380. The lowest BCUT2D eigenvalue weighted by Gasteiger charge is -2.35. The lowest BCUT2D eigenvalue weighted by atomic mass is 9.78. The van der Waals surface area contributed by atoms with Crippen LogP contribution in [-0.2, 0) is 4.79 Å².